The molecule has 2 amide bonds. The Kier molecular flexibility index (Phi) is 11.0. The van der Waals surface area contributed by atoms with Crippen LogP contribution in [-0.2, 0) is 9.47 Å². The molecule has 2 aliphatic carbocycles. The quantitative estimate of drug-likeness (QED) is 0.173. The third-order valence-corrected chi connectivity index (χ3v) is 15.7. The molecule has 5 aromatic rings. The number of aromatic nitrogens is 4. The topological polar surface area (TPSA) is 123 Å². The number of halogens is 2. The van der Waals surface area contributed by atoms with Crippen molar-refractivity contribution in [3.8, 4) is 0 Å². The van der Waals surface area contributed by atoms with E-state index in [0.29, 0.717) is 30.6 Å². The van der Waals surface area contributed by atoms with Gasteiger partial charge in [-0.15, -0.1) is 0 Å². The Hall–Kier alpha value is -5.40. The smallest absolute Gasteiger partial charge is 0.411 e. The van der Waals surface area contributed by atoms with Gasteiger partial charge in [0.1, 0.15) is 28.5 Å². The lowest BCUT2D eigenvalue weighted by atomic mass is 10.0. The van der Waals surface area contributed by atoms with E-state index in [1.165, 1.54) is 12.1 Å². The number of carbonyl (C=O) groups excluding carboxylic acids is 2. The van der Waals surface area contributed by atoms with E-state index < -0.39 is 22.8 Å². The first kappa shape index (κ1) is 44.1. The maximum atomic E-state index is 16.4. The SMILES string of the molecule is CC(C)(C)OC(=O)N1C(c2nc3ccc([C@H]4CC[C@H](c5ccc6nc([C@@H]7C[C@@H]8CCC[C@@H]8N7C(=O)OC(C)(C)C)[nH]c6c5)N4c4cc(F)c(N5CCCCC5)c(F)c4)cc3[nH]2)C[C@@H]2CCC[C@@H]21. The minimum Gasteiger partial charge on any atom is -0.444 e. The molecule has 0 radical (unpaired) electrons. The molecule has 8 atom stereocenters. The number of H-pyrrole nitrogens is 2. The Morgan fingerprint density at radius 1 is 0.597 bits per heavy atom. The Morgan fingerprint density at radius 3 is 1.51 bits per heavy atom. The lowest BCUT2D eigenvalue weighted by Crippen LogP contribution is -2.41. The van der Waals surface area contributed by atoms with Crippen LogP contribution >= 0.6 is 0 Å². The summed E-state index contributed by atoms with van der Waals surface area (Å²) in [4.78, 5) is 52.8. The molecule has 6 aliphatic rings. The van der Waals surface area contributed by atoms with Gasteiger partial charge in [-0.1, -0.05) is 25.0 Å². The molecule has 4 saturated heterocycles. The highest BCUT2D eigenvalue weighted by Crippen LogP contribution is 2.52. The van der Waals surface area contributed by atoms with Crippen molar-refractivity contribution in [1.82, 2.24) is 29.7 Å². The van der Waals surface area contributed by atoms with E-state index in [1.54, 1.807) is 0 Å². The number of piperidine rings is 1. The van der Waals surface area contributed by atoms with Gasteiger partial charge in [0.25, 0.3) is 0 Å². The second-order valence-corrected chi connectivity index (χ2v) is 22.4. The monoisotopic (exact) mass is 917 g/mol. The number of amides is 2. The number of imidazole rings is 2. The van der Waals surface area contributed by atoms with Crippen molar-refractivity contribution < 1.29 is 27.8 Å². The van der Waals surface area contributed by atoms with Crippen molar-refractivity contribution in [1.29, 1.82) is 0 Å². The van der Waals surface area contributed by atoms with Crippen LogP contribution in [0.15, 0.2) is 48.5 Å². The molecule has 0 bridgehead atoms. The Balaban J connectivity index is 0.936. The summed E-state index contributed by atoms with van der Waals surface area (Å²) in [6, 6.07) is 15.0. The molecule has 6 heterocycles. The van der Waals surface area contributed by atoms with Gasteiger partial charge >= 0.3 is 12.2 Å². The number of rotatable bonds is 6. The first-order valence-electron chi connectivity index (χ1n) is 25.1. The van der Waals surface area contributed by atoms with Crippen molar-refractivity contribution in [2.75, 3.05) is 22.9 Å². The highest BCUT2D eigenvalue weighted by molar-refractivity contribution is 5.79. The number of nitrogens with zero attached hydrogens (tertiary/aromatic N) is 6. The lowest BCUT2D eigenvalue weighted by Gasteiger charge is -2.35. The molecule has 4 aliphatic heterocycles. The minimum absolute atomic E-state index is 0.0570. The van der Waals surface area contributed by atoms with Crippen LogP contribution in [-0.4, -0.2) is 78.3 Å². The molecule has 11 rings (SSSR count). The average Bonchev–Trinajstić information content (AvgIpc) is 4.12. The van der Waals surface area contributed by atoms with Gasteiger partial charge in [-0.25, -0.2) is 28.3 Å². The molecule has 3 aromatic carbocycles. The largest absolute Gasteiger partial charge is 0.444 e. The standard InChI is InChI=1S/C53H66F2N8O4/c1-52(2,3)66-50(64)62-41-14-10-12-30(41)26-45(62)48-56-37-18-16-32(24-39(37)58-48)43-20-21-44(61(43)34-28-35(54)47(36(55)29-34)60-22-8-7-9-23-60)33-17-19-38-40(25-33)59-49(57-38)46-27-31-13-11-15-42(31)63(46)51(65)67-53(4,5)6/h16-19,24-25,28-31,41-46H,7-15,20-23,26-27H2,1-6H3,(H,56,58)(H,57,59)/t30-,31-,41-,42-,43+,44+,45-,46?/m0/s1. The molecule has 0 spiro atoms. The molecule has 2 aromatic heterocycles. The minimum atomic E-state index is -0.612. The third-order valence-electron chi connectivity index (χ3n) is 15.7. The van der Waals surface area contributed by atoms with Crippen molar-refractivity contribution in [3.63, 3.8) is 0 Å². The fraction of sp³-hybridized carbons (Fsp3) is 0.585. The van der Waals surface area contributed by atoms with Crippen LogP contribution in [0.25, 0.3) is 22.1 Å². The number of carbonyl (C=O) groups is 2. The van der Waals surface area contributed by atoms with Gasteiger partial charge in [-0.2, -0.15) is 0 Å². The number of aromatic amines is 2. The van der Waals surface area contributed by atoms with Gasteiger partial charge in [0.05, 0.1) is 46.2 Å². The molecular formula is C53H66F2N8O4. The van der Waals surface area contributed by atoms with E-state index >= 15 is 8.78 Å². The van der Waals surface area contributed by atoms with Gasteiger partial charge in [0, 0.05) is 30.9 Å². The Morgan fingerprint density at radius 2 is 1.06 bits per heavy atom. The molecule has 6 fully saturated rings. The van der Waals surface area contributed by atoms with E-state index in [4.69, 9.17) is 19.4 Å². The van der Waals surface area contributed by atoms with Gasteiger partial charge in [-0.3, -0.25) is 9.80 Å². The number of hydrogen-bond acceptors (Lipinski definition) is 8. The molecule has 67 heavy (non-hydrogen) atoms. The predicted octanol–water partition coefficient (Wildman–Crippen LogP) is 12.5. The molecule has 356 valence electrons. The third kappa shape index (κ3) is 8.17. The normalized spacial score (nSPS) is 27.7. The molecule has 2 saturated carbocycles. The van der Waals surface area contributed by atoms with E-state index in [2.05, 4.69) is 39.1 Å². The zero-order chi connectivity index (χ0) is 46.5. The molecular weight excluding hydrogens is 851 g/mol. The number of ether oxygens (including phenoxy) is 2. The van der Waals surface area contributed by atoms with E-state index in [1.807, 2.05) is 68.4 Å². The zero-order valence-corrected chi connectivity index (χ0v) is 39.9. The van der Waals surface area contributed by atoms with Crippen molar-refractivity contribution in [2.45, 2.75) is 172 Å². The fourth-order valence-electron chi connectivity index (χ4n) is 13.0. The lowest BCUT2D eigenvalue weighted by molar-refractivity contribution is 0.0120. The van der Waals surface area contributed by atoms with Crippen LogP contribution in [0.3, 0.4) is 0 Å². The van der Waals surface area contributed by atoms with Crippen molar-refractivity contribution >= 4 is 45.6 Å². The van der Waals surface area contributed by atoms with E-state index in [0.717, 1.165) is 128 Å². The van der Waals surface area contributed by atoms with Crippen LogP contribution < -0.4 is 9.80 Å². The number of hydrogen-bond donors (Lipinski definition) is 2. The summed E-state index contributed by atoms with van der Waals surface area (Å²) in [5.74, 6) is 1.25. The number of benzene rings is 3. The highest BCUT2D eigenvalue weighted by Gasteiger charge is 2.50. The summed E-state index contributed by atoms with van der Waals surface area (Å²) in [5, 5.41) is 0. The highest BCUT2D eigenvalue weighted by atomic mass is 19.1. The van der Waals surface area contributed by atoms with Gasteiger partial charge < -0.3 is 29.2 Å². The number of nitrogens with one attached hydrogen (secondary N) is 2. The maximum absolute atomic E-state index is 16.4. The predicted molar refractivity (Wildman–Crippen MR) is 255 cm³/mol. The first-order valence-corrected chi connectivity index (χ1v) is 25.1. The molecule has 1 unspecified atom stereocenters. The number of fused-ring (bicyclic) bond motifs is 4. The van der Waals surface area contributed by atoms with E-state index in [9.17, 15) is 9.59 Å². The average molecular weight is 917 g/mol. The molecule has 12 nitrogen and oxygen atoms in total. The van der Waals surface area contributed by atoms with Crippen LogP contribution in [0.5, 0.6) is 0 Å². The van der Waals surface area contributed by atoms with E-state index in [-0.39, 0.29) is 54.1 Å². The Labute approximate surface area is 392 Å². The van der Waals surface area contributed by atoms with Crippen molar-refractivity contribution in [3.05, 3.63) is 82.9 Å². The van der Waals surface area contributed by atoms with Gasteiger partial charge in [-0.05, 0) is 172 Å². The van der Waals surface area contributed by atoms with Gasteiger partial charge in [0.15, 0.2) is 11.6 Å². The van der Waals surface area contributed by atoms with Crippen LogP contribution in [0.4, 0.5) is 29.7 Å². The molecule has 14 heteroatoms. The van der Waals surface area contributed by atoms with Crippen LogP contribution in [0, 0.1) is 23.5 Å². The summed E-state index contributed by atoms with van der Waals surface area (Å²) in [6.45, 7) is 12.7. The van der Waals surface area contributed by atoms with Gasteiger partial charge in [0.2, 0.25) is 0 Å². The van der Waals surface area contributed by atoms with Crippen LogP contribution in [0.1, 0.15) is 172 Å². The zero-order valence-electron chi connectivity index (χ0n) is 39.9. The second-order valence-electron chi connectivity index (χ2n) is 22.4. The van der Waals surface area contributed by atoms with Crippen LogP contribution in [0.2, 0.25) is 0 Å². The fourth-order valence-corrected chi connectivity index (χ4v) is 13.0. The summed E-state index contributed by atoms with van der Waals surface area (Å²) >= 11 is 0. The first-order chi connectivity index (χ1) is 32.1. The summed E-state index contributed by atoms with van der Waals surface area (Å²) in [6.07, 6.45) is 11.8. The maximum Gasteiger partial charge on any atom is 0.411 e. The number of anilines is 2. The number of likely N-dealkylation sites (tertiary alicyclic amines) is 2. The Bertz CT molecular complexity index is 2530. The summed E-state index contributed by atoms with van der Waals surface area (Å²) in [7, 11) is 0. The summed E-state index contributed by atoms with van der Waals surface area (Å²) < 4.78 is 44.8. The summed E-state index contributed by atoms with van der Waals surface area (Å²) in [5.41, 5.74) is 4.68. The molecule has 2 N–H and O–H groups in total. The second kappa shape index (κ2) is 16.7. The van der Waals surface area contributed by atoms with Crippen molar-refractivity contribution in [2.24, 2.45) is 11.8 Å².